The van der Waals surface area contributed by atoms with Gasteiger partial charge in [-0.3, -0.25) is 4.79 Å². The molecule has 1 aliphatic heterocycles. The number of fused-ring (bicyclic) bond motifs is 1. The second-order valence-electron chi connectivity index (χ2n) is 3.94. The molecule has 0 fully saturated rings. The lowest BCUT2D eigenvalue weighted by molar-refractivity contribution is 0.629. The van der Waals surface area contributed by atoms with Crippen molar-refractivity contribution >= 4 is 5.69 Å². The molecular weight excluding hydrogens is 176 g/mol. The topological polar surface area (TPSA) is 25.2 Å². The van der Waals surface area contributed by atoms with Crippen molar-refractivity contribution in [2.24, 2.45) is 7.05 Å². The highest BCUT2D eigenvalue weighted by molar-refractivity contribution is 5.56. The average Bonchev–Trinajstić information content (AvgIpc) is 2.50. The van der Waals surface area contributed by atoms with Crippen LogP contribution < -0.4 is 10.5 Å². The van der Waals surface area contributed by atoms with Gasteiger partial charge >= 0.3 is 0 Å². The van der Waals surface area contributed by atoms with Gasteiger partial charge in [-0.1, -0.05) is 6.92 Å². The number of nitrogens with zero attached hydrogens (tertiary/aromatic N) is 2. The molecule has 0 saturated carbocycles. The van der Waals surface area contributed by atoms with E-state index < -0.39 is 0 Å². The average molecular weight is 192 g/mol. The lowest BCUT2D eigenvalue weighted by atomic mass is 10.1. The van der Waals surface area contributed by atoms with Crippen molar-refractivity contribution in [3.63, 3.8) is 0 Å². The minimum atomic E-state index is 0.0916. The molecule has 0 aromatic carbocycles. The Morgan fingerprint density at radius 1 is 1.43 bits per heavy atom. The largest absolute Gasteiger partial charge is 0.370 e. The van der Waals surface area contributed by atoms with Crippen molar-refractivity contribution < 1.29 is 0 Å². The third-order valence-electron chi connectivity index (χ3n) is 3.24. The molecule has 0 spiro atoms. The minimum absolute atomic E-state index is 0.0916. The van der Waals surface area contributed by atoms with E-state index in [2.05, 4.69) is 18.9 Å². The van der Waals surface area contributed by atoms with Crippen LogP contribution in [0.1, 0.15) is 19.0 Å². The zero-order valence-corrected chi connectivity index (χ0v) is 8.95. The first-order valence-corrected chi connectivity index (χ1v) is 5.07. The smallest absolute Gasteiger partial charge is 0.250 e. The molecule has 1 atom stereocenters. The maximum Gasteiger partial charge on any atom is 0.250 e. The number of anilines is 1. The number of hydrogen-bond acceptors (Lipinski definition) is 2. The van der Waals surface area contributed by atoms with Crippen LogP contribution in [0.3, 0.4) is 0 Å². The summed E-state index contributed by atoms with van der Waals surface area (Å²) in [5.74, 6) is 0. The molecule has 2 rings (SSSR count). The fourth-order valence-electron chi connectivity index (χ4n) is 2.20. The van der Waals surface area contributed by atoms with Crippen molar-refractivity contribution in [3.05, 3.63) is 28.2 Å². The molecule has 0 N–H and O–H groups in total. The fraction of sp³-hybridized carbons (Fsp3) is 0.545. The second-order valence-corrected chi connectivity index (χ2v) is 3.94. The zero-order valence-electron chi connectivity index (χ0n) is 8.95. The van der Waals surface area contributed by atoms with Crippen molar-refractivity contribution in [1.82, 2.24) is 4.57 Å². The van der Waals surface area contributed by atoms with Gasteiger partial charge in [-0.15, -0.1) is 0 Å². The number of hydrogen-bond donors (Lipinski definition) is 0. The van der Waals surface area contributed by atoms with E-state index in [0.717, 1.165) is 12.8 Å². The Labute approximate surface area is 84.0 Å². The molecular formula is C11H16N2O. The predicted molar refractivity (Wildman–Crippen MR) is 57.9 cm³/mol. The van der Waals surface area contributed by atoms with Gasteiger partial charge in [0, 0.05) is 38.3 Å². The van der Waals surface area contributed by atoms with Crippen LogP contribution in [0.4, 0.5) is 5.69 Å². The molecule has 0 aliphatic carbocycles. The molecule has 2 heterocycles. The summed E-state index contributed by atoms with van der Waals surface area (Å²) in [4.78, 5) is 13.7. The first-order valence-electron chi connectivity index (χ1n) is 5.07. The predicted octanol–water partition coefficient (Wildman–Crippen LogP) is 1.16. The van der Waals surface area contributed by atoms with Crippen LogP contribution in [-0.2, 0) is 13.5 Å². The maximum absolute atomic E-state index is 11.4. The lowest BCUT2D eigenvalue weighted by Crippen LogP contribution is -2.26. The Morgan fingerprint density at radius 2 is 2.14 bits per heavy atom. The summed E-state index contributed by atoms with van der Waals surface area (Å²) in [5.41, 5.74) is 2.47. The molecule has 1 aromatic heterocycles. The number of likely N-dealkylation sites (N-methyl/N-ethyl adjacent to an activating group) is 1. The highest BCUT2D eigenvalue weighted by Crippen LogP contribution is 2.30. The van der Waals surface area contributed by atoms with Crippen LogP contribution in [-0.4, -0.2) is 17.7 Å². The van der Waals surface area contributed by atoms with E-state index in [1.54, 1.807) is 10.6 Å². The van der Waals surface area contributed by atoms with Crippen molar-refractivity contribution in [3.8, 4) is 0 Å². The summed E-state index contributed by atoms with van der Waals surface area (Å²) in [6.07, 6.45) is 2.12. The Bertz CT molecular complexity index is 408. The Hall–Kier alpha value is -1.25. The molecule has 1 unspecified atom stereocenters. The van der Waals surface area contributed by atoms with E-state index in [1.807, 2.05) is 13.1 Å². The molecule has 0 saturated heterocycles. The van der Waals surface area contributed by atoms with E-state index in [-0.39, 0.29) is 5.56 Å². The standard InChI is InChI=1S/C11H16N2O/c1-4-8-7-10-9(12(8)2)5-6-11(14)13(10)3/h5-6,8H,4,7H2,1-3H3. The van der Waals surface area contributed by atoms with Gasteiger partial charge in [0.2, 0.25) is 0 Å². The molecule has 3 nitrogen and oxygen atoms in total. The van der Waals surface area contributed by atoms with Crippen LogP contribution in [0.15, 0.2) is 16.9 Å². The monoisotopic (exact) mass is 192 g/mol. The minimum Gasteiger partial charge on any atom is -0.370 e. The molecule has 14 heavy (non-hydrogen) atoms. The van der Waals surface area contributed by atoms with Gasteiger partial charge in [-0.25, -0.2) is 0 Å². The fourth-order valence-corrected chi connectivity index (χ4v) is 2.20. The Kier molecular flexibility index (Phi) is 2.10. The molecule has 1 aliphatic rings. The van der Waals surface area contributed by atoms with Crippen LogP contribution in [0.25, 0.3) is 0 Å². The van der Waals surface area contributed by atoms with E-state index in [0.29, 0.717) is 6.04 Å². The Morgan fingerprint density at radius 3 is 2.79 bits per heavy atom. The van der Waals surface area contributed by atoms with Gasteiger partial charge in [-0.05, 0) is 12.5 Å². The molecule has 1 aromatic rings. The van der Waals surface area contributed by atoms with Crippen LogP contribution in [0, 0.1) is 0 Å². The first kappa shape index (κ1) is 9.31. The summed E-state index contributed by atoms with van der Waals surface area (Å²) in [5, 5.41) is 0. The van der Waals surface area contributed by atoms with Gasteiger partial charge in [0.15, 0.2) is 0 Å². The van der Waals surface area contributed by atoms with E-state index in [9.17, 15) is 4.79 Å². The first-order chi connectivity index (χ1) is 6.65. The van der Waals surface area contributed by atoms with Crippen LogP contribution in [0.5, 0.6) is 0 Å². The van der Waals surface area contributed by atoms with Crippen LogP contribution in [0.2, 0.25) is 0 Å². The zero-order chi connectivity index (χ0) is 10.3. The third-order valence-corrected chi connectivity index (χ3v) is 3.24. The van der Waals surface area contributed by atoms with Gasteiger partial charge in [0.25, 0.3) is 5.56 Å². The van der Waals surface area contributed by atoms with Gasteiger partial charge in [0.05, 0.1) is 5.69 Å². The quantitative estimate of drug-likeness (QED) is 0.667. The second kappa shape index (κ2) is 3.15. The molecule has 76 valence electrons. The number of aromatic nitrogens is 1. The van der Waals surface area contributed by atoms with E-state index >= 15 is 0 Å². The maximum atomic E-state index is 11.4. The molecule has 0 amide bonds. The lowest BCUT2D eigenvalue weighted by Gasteiger charge is -2.20. The van der Waals surface area contributed by atoms with Gasteiger partial charge < -0.3 is 9.47 Å². The Balaban J connectivity index is 2.53. The summed E-state index contributed by atoms with van der Waals surface area (Å²) in [6, 6.07) is 4.14. The van der Waals surface area contributed by atoms with E-state index in [1.165, 1.54) is 11.4 Å². The highest BCUT2D eigenvalue weighted by atomic mass is 16.1. The number of rotatable bonds is 1. The normalized spacial score (nSPS) is 19.9. The van der Waals surface area contributed by atoms with Crippen molar-refractivity contribution in [2.75, 3.05) is 11.9 Å². The summed E-state index contributed by atoms with van der Waals surface area (Å²) in [7, 11) is 3.96. The highest BCUT2D eigenvalue weighted by Gasteiger charge is 2.26. The molecule has 0 radical (unpaired) electrons. The van der Waals surface area contributed by atoms with Crippen molar-refractivity contribution in [1.29, 1.82) is 0 Å². The SMILES string of the molecule is CCC1Cc2c(ccc(=O)n2C)N1C. The number of pyridine rings is 1. The molecule has 3 heteroatoms. The summed E-state index contributed by atoms with van der Waals surface area (Å²) >= 11 is 0. The van der Waals surface area contributed by atoms with Gasteiger partial charge in [-0.2, -0.15) is 0 Å². The summed E-state index contributed by atoms with van der Waals surface area (Å²) in [6.45, 7) is 2.19. The summed E-state index contributed by atoms with van der Waals surface area (Å²) < 4.78 is 1.77. The van der Waals surface area contributed by atoms with E-state index in [4.69, 9.17) is 0 Å². The third kappa shape index (κ3) is 1.15. The van der Waals surface area contributed by atoms with Crippen molar-refractivity contribution in [2.45, 2.75) is 25.8 Å². The van der Waals surface area contributed by atoms with Gasteiger partial charge in [0.1, 0.15) is 0 Å². The van der Waals surface area contributed by atoms with Crippen LogP contribution >= 0.6 is 0 Å². The molecule has 0 bridgehead atoms.